The topological polar surface area (TPSA) is 35.2 Å². The number of thiophene rings is 1. The van der Waals surface area contributed by atoms with Crippen molar-refractivity contribution in [2.24, 2.45) is 0 Å². The minimum Gasteiger partial charge on any atom is -0.398 e. The summed E-state index contributed by atoms with van der Waals surface area (Å²) >= 11 is 1.64. The number of nitrogen functional groups attached to an aromatic ring is 1. The molecule has 0 radical (unpaired) electrons. The second kappa shape index (κ2) is 5.09. The minimum absolute atomic E-state index is 0.288. The number of anilines is 1. The van der Waals surface area contributed by atoms with E-state index in [1.54, 1.807) is 17.4 Å². The number of halogens is 1. The first-order chi connectivity index (χ1) is 7.75. The van der Waals surface area contributed by atoms with Crippen LogP contribution in [0.1, 0.15) is 10.4 Å². The normalized spacial score (nSPS) is 10.6. The Kier molecular flexibility index (Phi) is 3.54. The molecule has 0 aliphatic heterocycles. The summed E-state index contributed by atoms with van der Waals surface area (Å²) in [6, 6.07) is 8.28. The van der Waals surface area contributed by atoms with Crippen LogP contribution in [0.5, 0.6) is 0 Å². The fourth-order valence-electron chi connectivity index (χ4n) is 1.36. The molecule has 0 aliphatic carbocycles. The highest BCUT2D eigenvalue weighted by atomic mass is 32.1. The zero-order valence-corrected chi connectivity index (χ0v) is 9.47. The minimum atomic E-state index is -0.288. The summed E-state index contributed by atoms with van der Waals surface area (Å²) in [7, 11) is 0. The zero-order chi connectivity index (χ0) is 11.4. The second-order valence-corrected chi connectivity index (χ2v) is 4.45. The van der Waals surface area contributed by atoms with Gasteiger partial charge < -0.3 is 10.5 Å². The third kappa shape index (κ3) is 2.81. The van der Waals surface area contributed by atoms with Crippen LogP contribution in [0, 0.1) is 5.82 Å². The molecule has 2 aromatic rings. The highest BCUT2D eigenvalue weighted by molar-refractivity contribution is 7.09. The van der Waals surface area contributed by atoms with Gasteiger partial charge in [-0.1, -0.05) is 6.07 Å². The quantitative estimate of drug-likeness (QED) is 0.829. The van der Waals surface area contributed by atoms with Gasteiger partial charge in [-0.3, -0.25) is 0 Å². The van der Waals surface area contributed by atoms with Crippen molar-refractivity contribution >= 4 is 17.0 Å². The van der Waals surface area contributed by atoms with Crippen LogP contribution in [-0.2, 0) is 18.0 Å². The molecule has 0 atom stereocenters. The van der Waals surface area contributed by atoms with E-state index in [1.807, 2.05) is 17.5 Å². The zero-order valence-electron chi connectivity index (χ0n) is 8.65. The van der Waals surface area contributed by atoms with Crippen molar-refractivity contribution in [2.75, 3.05) is 5.73 Å². The molecule has 4 heteroatoms. The van der Waals surface area contributed by atoms with E-state index in [-0.39, 0.29) is 5.82 Å². The number of hydrogen-bond acceptors (Lipinski definition) is 3. The van der Waals surface area contributed by atoms with Gasteiger partial charge in [0.15, 0.2) is 0 Å². The fourth-order valence-corrected chi connectivity index (χ4v) is 2.00. The van der Waals surface area contributed by atoms with Crippen molar-refractivity contribution in [2.45, 2.75) is 13.2 Å². The Balaban J connectivity index is 1.92. The molecule has 16 heavy (non-hydrogen) atoms. The number of hydrogen-bond donors (Lipinski definition) is 1. The molecule has 2 N–H and O–H groups in total. The van der Waals surface area contributed by atoms with Gasteiger partial charge >= 0.3 is 0 Å². The van der Waals surface area contributed by atoms with Crippen molar-refractivity contribution in [1.29, 1.82) is 0 Å². The van der Waals surface area contributed by atoms with Crippen molar-refractivity contribution in [3.05, 3.63) is 52.0 Å². The third-order valence-corrected chi connectivity index (χ3v) is 3.04. The maximum absolute atomic E-state index is 12.9. The Hall–Kier alpha value is -1.39. The molecule has 2 rings (SSSR count). The van der Waals surface area contributed by atoms with Gasteiger partial charge in [0, 0.05) is 16.1 Å². The average molecular weight is 237 g/mol. The summed E-state index contributed by atoms with van der Waals surface area (Å²) in [4.78, 5) is 1.15. The predicted octanol–water partition coefficient (Wildman–Crippen LogP) is 3.19. The third-order valence-electron chi connectivity index (χ3n) is 2.19. The van der Waals surface area contributed by atoms with E-state index in [4.69, 9.17) is 10.5 Å². The van der Waals surface area contributed by atoms with Crippen LogP contribution < -0.4 is 5.73 Å². The van der Waals surface area contributed by atoms with E-state index >= 15 is 0 Å². The Morgan fingerprint density at radius 2 is 2.12 bits per heavy atom. The number of nitrogens with two attached hydrogens (primary N) is 1. The molecule has 0 spiro atoms. The van der Waals surface area contributed by atoms with E-state index < -0.39 is 0 Å². The molecule has 84 valence electrons. The van der Waals surface area contributed by atoms with Crippen molar-refractivity contribution in [3.63, 3.8) is 0 Å². The molecular formula is C12H12FNOS. The lowest BCUT2D eigenvalue weighted by atomic mass is 10.2. The summed E-state index contributed by atoms with van der Waals surface area (Å²) in [6.07, 6.45) is 0. The molecule has 0 amide bonds. The van der Waals surface area contributed by atoms with E-state index in [9.17, 15) is 4.39 Å². The summed E-state index contributed by atoms with van der Waals surface area (Å²) in [5.74, 6) is -0.288. The first-order valence-electron chi connectivity index (χ1n) is 4.90. The molecule has 0 saturated carbocycles. The molecule has 0 aliphatic rings. The lowest BCUT2D eigenvalue weighted by Gasteiger charge is -2.06. The van der Waals surface area contributed by atoms with Crippen LogP contribution in [-0.4, -0.2) is 0 Å². The molecule has 0 bridgehead atoms. The van der Waals surface area contributed by atoms with Crippen LogP contribution in [0.15, 0.2) is 35.7 Å². The molecule has 1 heterocycles. The van der Waals surface area contributed by atoms with Crippen LogP contribution in [0.3, 0.4) is 0 Å². The smallest absolute Gasteiger partial charge is 0.123 e. The summed E-state index contributed by atoms with van der Waals surface area (Å²) in [6.45, 7) is 0.870. The van der Waals surface area contributed by atoms with Gasteiger partial charge in [0.1, 0.15) is 5.82 Å². The number of rotatable bonds is 4. The molecule has 0 fully saturated rings. The van der Waals surface area contributed by atoms with Crippen molar-refractivity contribution in [3.8, 4) is 0 Å². The number of ether oxygens (including phenoxy) is 1. The predicted molar refractivity (Wildman–Crippen MR) is 63.6 cm³/mol. The van der Waals surface area contributed by atoms with E-state index in [0.29, 0.717) is 24.5 Å². The van der Waals surface area contributed by atoms with E-state index in [2.05, 4.69) is 0 Å². The van der Waals surface area contributed by atoms with Gasteiger partial charge in [0.25, 0.3) is 0 Å². The van der Waals surface area contributed by atoms with Gasteiger partial charge in [-0.25, -0.2) is 4.39 Å². The van der Waals surface area contributed by atoms with Crippen LogP contribution in [0.25, 0.3) is 0 Å². The molecule has 0 saturated heterocycles. The average Bonchev–Trinajstić information content (AvgIpc) is 2.76. The van der Waals surface area contributed by atoms with E-state index in [0.717, 1.165) is 4.88 Å². The molecule has 1 aromatic carbocycles. The molecule has 1 aromatic heterocycles. The summed E-state index contributed by atoms with van der Waals surface area (Å²) in [5.41, 5.74) is 6.96. The van der Waals surface area contributed by atoms with Crippen LogP contribution in [0.2, 0.25) is 0 Å². The fraction of sp³-hybridized carbons (Fsp3) is 0.167. The van der Waals surface area contributed by atoms with Gasteiger partial charge in [0.05, 0.1) is 13.2 Å². The Bertz CT molecular complexity index is 456. The van der Waals surface area contributed by atoms with Crippen molar-refractivity contribution in [1.82, 2.24) is 0 Å². The first kappa shape index (κ1) is 11.1. The van der Waals surface area contributed by atoms with Crippen LogP contribution in [0.4, 0.5) is 10.1 Å². The maximum Gasteiger partial charge on any atom is 0.123 e. The largest absolute Gasteiger partial charge is 0.398 e. The monoisotopic (exact) mass is 237 g/mol. The molecular weight excluding hydrogens is 225 g/mol. The second-order valence-electron chi connectivity index (χ2n) is 3.42. The Morgan fingerprint density at radius 3 is 2.88 bits per heavy atom. The van der Waals surface area contributed by atoms with Gasteiger partial charge in [-0.05, 0) is 29.6 Å². The van der Waals surface area contributed by atoms with Gasteiger partial charge in [-0.15, -0.1) is 11.3 Å². The van der Waals surface area contributed by atoms with E-state index in [1.165, 1.54) is 12.1 Å². The maximum atomic E-state index is 12.9. The highest BCUT2D eigenvalue weighted by Gasteiger charge is 2.02. The Labute approximate surface area is 97.5 Å². The van der Waals surface area contributed by atoms with Crippen LogP contribution >= 0.6 is 11.3 Å². The first-order valence-corrected chi connectivity index (χ1v) is 5.77. The SMILES string of the molecule is Nc1ccc(F)cc1COCc1cccs1. The van der Waals surface area contributed by atoms with Gasteiger partial charge in [0.2, 0.25) is 0 Å². The lowest BCUT2D eigenvalue weighted by Crippen LogP contribution is -1.98. The highest BCUT2D eigenvalue weighted by Crippen LogP contribution is 2.16. The van der Waals surface area contributed by atoms with Crippen molar-refractivity contribution < 1.29 is 9.13 Å². The molecule has 0 unspecified atom stereocenters. The number of benzene rings is 1. The molecule has 2 nitrogen and oxygen atoms in total. The standard InChI is InChI=1S/C12H12FNOS/c13-10-3-4-12(14)9(6-10)7-15-8-11-2-1-5-16-11/h1-6H,7-8,14H2. The summed E-state index contributed by atoms with van der Waals surface area (Å²) < 4.78 is 18.4. The lowest BCUT2D eigenvalue weighted by molar-refractivity contribution is 0.109. The Morgan fingerprint density at radius 1 is 1.25 bits per heavy atom. The van der Waals surface area contributed by atoms with Gasteiger partial charge in [-0.2, -0.15) is 0 Å². The summed E-state index contributed by atoms with van der Waals surface area (Å²) in [5, 5.41) is 2.00.